The third-order valence-corrected chi connectivity index (χ3v) is 6.27. The van der Waals surface area contributed by atoms with Gasteiger partial charge in [-0.2, -0.15) is 0 Å². The monoisotopic (exact) mass is 420 g/mol. The van der Waals surface area contributed by atoms with E-state index in [1.165, 1.54) is 6.07 Å². The summed E-state index contributed by atoms with van der Waals surface area (Å²) in [7, 11) is 1.98. The number of halogens is 1. The van der Waals surface area contributed by atoms with Gasteiger partial charge in [0.2, 0.25) is 0 Å². The average molecular weight is 420 g/mol. The topological polar surface area (TPSA) is 78.5 Å². The number of aryl methyl sites for hydroxylation is 2. The molecule has 0 amide bonds. The van der Waals surface area contributed by atoms with Crippen molar-refractivity contribution in [2.75, 3.05) is 18.5 Å². The summed E-state index contributed by atoms with van der Waals surface area (Å²) in [5, 5.41) is 11.9. The van der Waals surface area contributed by atoms with Gasteiger partial charge in [-0.05, 0) is 32.0 Å². The summed E-state index contributed by atoms with van der Waals surface area (Å²) < 4.78 is 30.7. The maximum Gasteiger partial charge on any atom is 0.171 e. The highest BCUT2D eigenvalue weighted by Crippen LogP contribution is 2.42. The van der Waals surface area contributed by atoms with Gasteiger partial charge >= 0.3 is 0 Å². The highest BCUT2D eigenvalue weighted by Gasteiger charge is 2.32. The number of hydrogen-bond acceptors (Lipinski definition) is 6. The Labute approximate surface area is 177 Å². The maximum absolute atomic E-state index is 14.7. The van der Waals surface area contributed by atoms with E-state index in [4.69, 9.17) is 9.47 Å². The minimum absolute atomic E-state index is 0.0332. The first-order chi connectivity index (χ1) is 15.0. The molecule has 4 aromatic rings. The number of pyridine rings is 1. The molecule has 1 N–H and O–H groups in total. The van der Waals surface area contributed by atoms with Crippen molar-refractivity contribution < 1.29 is 13.9 Å². The van der Waals surface area contributed by atoms with Crippen molar-refractivity contribution in [3.8, 4) is 22.8 Å². The number of rotatable bonds is 1. The minimum atomic E-state index is -0.247. The highest BCUT2D eigenvalue weighted by molar-refractivity contribution is 5.81. The van der Waals surface area contributed by atoms with Crippen molar-refractivity contribution in [3.63, 3.8) is 0 Å². The van der Waals surface area contributed by atoms with Crippen molar-refractivity contribution in [3.05, 3.63) is 53.0 Å². The minimum Gasteiger partial charge on any atom is -0.493 e. The standard InChI is InChI=1S/C22H21FN6O2/c1-11-20(28(3)12(2)26-11)14-6-18-22(29-10-25-27-21(14)29)24-7-15-16(23)4-5-17-19(15)13(8-30-17)9-31-18/h4-6,10,13,24H,7-9H2,1-3H3/t13-/m0/s1. The molecule has 8 nitrogen and oxygen atoms in total. The Kier molecular flexibility index (Phi) is 3.77. The number of fused-ring (bicyclic) bond motifs is 3. The summed E-state index contributed by atoms with van der Waals surface area (Å²) in [6, 6.07) is 5.13. The third kappa shape index (κ3) is 2.55. The molecule has 0 aliphatic carbocycles. The van der Waals surface area contributed by atoms with Crippen LogP contribution in [-0.4, -0.2) is 37.4 Å². The lowest BCUT2D eigenvalue weighted by atomic mass is 9.96. The lowest BCUT2D eigenvalue weighted by Crippen LogP contribution is -2.13. The second-order valence-corrected chi connectivity index (χ2v) is 8.06. The zero-order chi connectivity index (χ0) is 21.3. The zero-order valence-electron chi connectivity index (χ0n) is 17.4. The van der Waals surface area contributed by atoms with E-state index in [-0.39, 0.29) is 11.7 Å². The van der Waals surface area contributed by atoms with Crippen LogP contribution in [0.2, 0.25) is 0 Å². The fourth-order valence-corrected chi connectivity index (χ4v) is 4.71. The van der Waals surface area contributed by atoms with E-state index in [1.54, 1.807) is 12.4 Å². The largest absolute Gasteiger partial charge is 0.493 e. The molecule has 1 atom stereocenters. The Bertz CT molecular complexity index is 1360. The molecule has 3 aromatic heterocycles. The van der Waals surface area contributed by atoms with Crippen molar-refractivity contribution in [2.45, 2.75) is 26.3 Å². The Morgan fingerprint density at radius 1 is 1.16 bits per heavy atom. The first-order valence-corrected chi connectivity index (χ1v) is 10.2. The van der Waals surface area contributed by atoms with Crippen LogP contribution in [0.25, 0.3) is 16.9 Å². The summed E-state index contributed by atoms with van der Waals surface area (Å²) in [5.41, 5.74) is 4.93. The summed E-state index contributed by atoms with van der Waals surface area (Å²) in [5.74, 6) is 2.71. The van der Waals surface area contributed by atoms with Crippen LogP contribution in [-0.2, 0) is 13.6 Å². The molecule has 0 bridgehead atoms. The van der Waals surface area contributed by atoms with Crippen LogP contribution in [0.4, 0.5) is 10.2 Å². The van der Waals surface area contributed by atoms with Crippen LogP contribution in [0, 0.1) is 19.7 Å². The second kappa shape index (κ2) is 6.44. The highest BCUT2D eigenvalue weighted by atomic mass is 19.1. The third-order valence-electron chi connectivity index (χ3n) is 6.27. The number of nitrogens with zero attached hydrogens (tertiary/aromatic N) is 5. The Morgan fingerprint density at radius 3 is 2.74 bits per heavy atom. The Morgan fingerprint density at radius 2 is 1.97 bits per heavy atom. The van der Waals surface area contributed by atoms with E-state index in [9.17, 15) is 4.39 Å². The average Bonchev–Trinajstić information content (AvgIpc) is 3.45. The number of imidazole rings is 1. The number of aromatic nitrogens is 5. The molecular formula is C22H21FN6O2. The predicted octanol–water partition coefficient (Wildman–Crippen LogP) is 3.37. The van der Waals surface area contributed by atoms with Gasteiger partial charge in [-0.15, -0.1) is 10.2 Å². The van der Waals surface area contributed by atoms with Crippen molar-refractivity contribution in [2.24, 2.45) is 7.05 Å². The van der Waals surface area contributed by atoms with Crippen LogP contribution in [0.1, 0.15) is 28.6 Å². The first-order valence-electron chi connectivity index (χ1n) is 10.2. The Hall–Kier alpha value is -3.62. The summed E-state index contributed by atoms with van der Waals surface area (Å²) in [4.78, 5) is 4.60. The number of nitrogens with one attached hydrogen (secondary N) is 1. The van der Waals surface area contributed by atoms with Gasteiger partial charge in [0, 0.05) is 30.3 Å². The van der Waals surface area contributed by atoms with Crippen molar-refractivity contribution in [1.82, 2.24) is 24.1 Å². The normalized spacial score (nSPS) is 17.1. The molecule has 0 radical (unpaired) electrons. The molecule has 0 spiro atoms. The first kappa shape index (κ1) is 18.2. The van der Waals surface area contributed by atoms with Crippen LogP contribution < -0.4 is 14.8 Å². The molecule has 1 aromatic carbocycles. The van der Waals surface area contributed by atoms with Gasteiger partial charge in [-0.1, -0.05) is 0 Å². The van der Waals surface area contributed by atoms with Crippen molar-refractivity contribution >= 4 is 11.5 Å². The van der Waals surface area contributed by atoms with E-state index in [2.05, 4.69) is 20.5 Å². The summed E-state index contributed by atoms with van der Waals surface area (Å²) in [6.07, 6.45) is 1.64. The Balaban J connectivity index is 1.55. The van der Waals surface area contributed by atoms with Gasteiger partial charge in [0.05, 0.1) is 30.5 Å². The van der Waals surface area contributed by atoms with Gasteiger partial charge in [-0.25, -0.2) is 9.37 Å². The number of ether oxygens (including phenoxy) is 2. The van der Waals surface area contributed by atoms with Crippen LogP contribution in [0.5, 0.6) is 11.5 Å². The fourth-order valence-electron chi connectivity index (χ4n) is 4.71. The molecule has 0 saturated heterocycles. The molecule has 6 rings (SSSR count). The lowest BCUT2D eigenvalue weighted by molar-refractivity contribution is 0.249. The number of anilines is 1. The molecule has 31 heavy (non-hydrogen) atoms. The molecular weight excluding hydrogens is 399 g/mol. The smallest absolute Gasteiger partial charge is 0.171 e. The molecule has 2 aliphatic heterocycles. The van der Waals surface area contributed by atoms with Gasteiger partial charge in [0.1, 0.15) is 23.7 Å². The van der Waals surface area contributed by atoms with E-state index in [0.717, 1.165) is 34.1 Å². The molecule has 2 aliphatic rings. The van der Waals surface area contributed by atoms with E-state index >= 15 is 0 Å². The molecule has 9 heteroatoms. The zero-order valence-corrected chi connectivity index (χ0v) is 17.4. The fraction of sp³-hybridized carbons (Fsp3) is 0.318. The molecule has 0 fully saturated rings. The number of benzene rings is 1. The maximum atomic E-state index is 14.7. The molecule has 0 saturated carbocycles. The summed E-state index contributed by atoms with van der Waals surface area (Å²) >= 11 is 0. The molecule has 158 valence electrons. The van der Waals surface area contributed by atoms with Gasteiger partial charge in [-0.3, -0.25) is 4.40 Å². The SMILES string of the molecule is Cc1nc(C)n(C)c1-c1cc2c(n3cnnc13)NCc1c(F)ccc3c1[C@@H](CO3)CO2. The molecule has 0 unspecified atom stereocenters. The lowest BCUT2D eigenvalue weighted by Gasteiger charge is -2.17. The van der Waals surface area contributed by atoms with E-state index in [1.807, 2.05) is 35.9 Å². The van der Waals surface area contributed by atoms with Crippen LogP contribution in [0.3, 0.4) is 0 Å². The van der Waals surface area contributed by atoms with E-state index in [0.29, 0.717) is 42.5 Å². The van der Waals surface area contributed by atoms with Gasteiger partial charge in [0.25, 0.3) is 0 Å². The summed E-state index contributed by atoms with van der Waals surface area (Å²) in [6.45, 7) is 5.11. The number of hydrogen-bond donors (Lipinski definition) is 1. The molecule has 5 heterocycles. The van der Waals surface area contributed by atoms with Gasteiger partial charge < -0.3 is 19.4 Å². The van der Waals surface area contributed by atoms with Crippen LogP contribution in [0.15, 0.2) is 24.5 Å². The predicted molar refractivity (Wildman–Crippen MR) is 112 cm³/mol. The van der Waals surface area contributed by atoms with Crippen LogP contribution >= 0.6 is 0 Å². The second-order valence-electron chi connectivity index (χ2n) is 8.06. The van der Waals surface area contributed by atoms with Gasteiger partial charge in [0.15, 0.2) is 17.2 Å². The van der Waals surface area contributed by atoms with E-state index < -0.39 is 0 Å². The van der Waals surface area contributed by atoms with Crippen molar-refractivity contribution in [1.29, 1.82) is 0 Å². The quantitative estimate of drug-likeness (QED) is 0.509.